The van der Waals surface area contributed by atoms with Gasteiger partial charge in [0.05, 0.1) is 0 Å². The van der Waals surface area contributed by atoms with Crippen LogP contribution in [-0.2, 0) is 0 Å². The van der Waals surface area contributed by atoms with E-state index in [9.17, 15) is 0 Å². The Kier molecular flexibility index (Phi) is 7.18. The summed E-state index contributed by atoms with van der Waals surface area (Å²) in [4.78, 5) is 16.3. The van der Waals surface area contributed by atoms with Gasteiger partial charge in [0.15, 0.2) is 11.6 Å². The molecule has 28 heavy (non-hydrogen) atoms. The van der Waals surface area contributed by atoms with Crippen LogP contribution >= 0.6 is 46.4 Å². The third-order valence-electron chi connectivity index (χ3n) is 3.39. The summed E-state index contributed by atoms with van der Waals surface area (Å²) in [5.74, 6) is 1.09. The van der Waals surface area contributed by atoms with Gasteiger partial charge < -0.3 is 0 Å². The van der Waals surface area contributed by atoms with Crippen LogP contribution in [0.4, 0.5) is 0 Å². The Hall–Kier alpha value is -2.24. The molecule has 4 nitrogen and oxygen atoms in total. The topological polar surface area (TPSA) is 51.6 Å². The Bertz CT molecular complexity index is 933. The Morgan fingerprint density at radius 3 is 1.00 bits per heavy atom. The molecule has 4 aromatic rings. The van der Waals surface area contributed by atoms with Crippen molar-refractivity contribution in [1.82, 2.24) is 19.9 Å². The maximum atomic E-state index is 5.76. The molecule has 0 fully saturated rings. The quantitative estimate of drug-likeness (QED) is 0.312. The van der Waals surface area contributed by atoms with Crippen LogP contribution in [0.3, 0.4) is 0 Å². The van der Waals surface area contributed by atoms with E-state index in [1.54, 1.807) is 0 Å². The lowest BCUT2D eigenvalue weighted by atomic mass is 10.2. The minimum absolute atomic E-state index is 0.351. The molecule has 0 amide bonds. The number of nitrogens with zero attached hydrogens (tertiary/aromatic N) is 4. The molecule has 0 saturated carbocycles. The Morgan fingerprint density at radius 2 is 0.714 bits per heavy atom. The van der Waals surface area contributed by atoms with Crippen molar-refractivity contribution in [2.75, 3.05) is 0 Å². The normalized spacial score (nSPS) is 10.1. The molecule has 0 aliphatic carbocycles. The van der Waals surface area contributed by atoms with Crippen LogP contribution in [0.1, 0.15) is 0 Å². The van der Waals surface area contributed by atoms with E-state index in [1.807, 2.05) is 60.7 Å². The predicted octanol–water partition coefficient (Wildman–Crippen LogP) is 6.90. The first kappa shape index (κ1) is 20.5. The summed E-state index contributed by atoms with van der Waals surface area (Å²) >= 11 is 23.1. The fourth-order valence-corrected chi connectivity index (χ4v) is 3.06. The number of benzene rings is 2. The van der Waals surface area contributed by atoms with Crippen LogP contribution < -0.4 is 0 Å². The number of hydrogen-bond acceptors (Lipinski definition) is 4. The van der Waals surface area contributed by atoms with Crippen LogP contribution in [0.25, 0.3) is 22.8 Å². The average Bonchev–Trinajstić information content (AvgIpc) is 2.68. The van der Waals surface area contributed by atoms with Gasteiger partial charge in [-0.2, -0.15) is 0 Å². The minimum atomic E-state index is 0.351. The SMILES string of the molecule is Clc1cc(Cl)nc(-c2ccccc2)n1.Clc1cc(Cl)nc(-c2ccccc2)n1. The lowest BCUT2D eigenvalue weighted by Gasteiger charge is -2.00. The highest BCUT2D eigenvalue weighted by molar-refractivity contribution is 6.33. The van der Waals surface area contributed by atoms with Crippen LogP contribution in [0.5, 0.6) is 0 Å². The van der Waals surface area contributed by atoms with Crippen LogP contribution in [0.15, 0.2) is 72.8 Å². The zero-order valence-corrected chi connectivity index (χ0v) is 17.3. The highest BCUT2D eigenvalue weighted by atomic mass is 35.5. The Balaban J connectivity index is 0.000000161. The fraction of sp³-hybridized carbons (Fsp3) is 0. The van der Waals surface area contributed by atoms with Gasteiger partial charge in [0.1, 0.15) is 20.6 Å². The van der Waals surface area contributed by atoms with Gasteiger partial charge >= 0.3 is 0 Å². The molecule has 0 aliphatic rings. The first-order valence-electron chi connectivity index (χ1n) is 8.02. The van der Waals surface area contributed by atoms with Crippen LogP contribution in [0, 0.1) is 0 Å². The van der Waals surface area contributed by atoms with E-state index >= 15 is 0 Å². The first-order valence-corrected chi connectivity index (χ1v) is 9.53. The van der Waals surface area contributed by atoms with Crippen molar-refractivity contribution in [2.24, 2.45) is 0 Å². The second-order valence-corrected chi connectivity index (χ2v) is 6.96. The molecule has 0 bridgehead atoms. The summed E-state index contributed by atoms with van der Waals surface area (Å²) in [7, 11) is 0. The second-order valence-electron chi connectivity index (χ2n) is 5.41. The number of aromatic nitrogens is 4. The molecule has 0 saturated heterocycles. The molecule has 2 aromatic carbocycles. The van der Waals surface area contributed by atoms with E-state index < -0.39 is 0 Å². The van der Waals surface area contributed by atoms with Crippen molar-refractivity contribution < 1.29 is 0 Å². The third kappa shape index (κ3) is 5.88. The molecule has 8 heteroatoms. The fourth-order valence-electron chi connectivity index (χ4n) is 2.21. The first-order chi connectivity index (χ1) is 13.5. The third-order valence-corrected chi connectivity index (χ3v) is 4.17. The van der Waals surface area contributed by atoms with Gasteiger partial charge in [-0.3, -0.25) is 0 Å². The summed E-state index contributed by atoms with van der Waals surface area (Å²) in [6.45, 7) is 0. The van der Waals surface area contributed by atoms with E-state index in [0.29, 0.717) is 32.3 Å². The zero-order valence-electron chi connectivity index (χ0n) is 14.2. The zero-order chi connectivity index (χ0) is 19.9. The molecule has 0 unspecified atom stereocenters. The van der Waals surface area contributed by atoms with Crippen molar-refractivity contribution in [1.29, 1.82) is 0 Å². The molecule has 2 aromatic heterocycles. The highest BCUT2D eigenvalue weighted by Crippen LogP contribution is 2.20. The largest absolute Gasteiger partial charge is 0.216 e. The summed E-state index contributed by atoms with van der Waals surface area (Å²) in [6.07, 6.45) is 0. The molecule has 0 atom stereocenters. The highest BCUT2D eigenvalue weighted by Gasteiger charge is 2.04. The van der Waals surface area contributed by atoms with Crippen molar-refractivity contribution in [3.05, 3.63) is 93.4 Å². The smallest absolute Gasteiger partial charge is 0.162 e. The summed E-state index contributed by atoms with van der Waals surface area (Å²) in [6, 6.07) is 22.1. The van der Waals surface area contributed by atoms with E-state index in [0.717, 1.165) is 11.1 Å². The van der Waals surface area contributed by atoms with Crippen molar-refractivity contribution in [3.63, 3.8) is 0 Å². The Morgan fingerprint density at radius 1 is 0.429 bits per heavy atom. The van der Waals surface area contributed by atoms with Crippen LogP contribution in [-0.4, -0.2) is 19.9 Å². The maximum absolute atomic E-state index is 5.76. The molecule has 0 radical (unpaired) electrons. The molecule has 0 spiro atoms. The maximum Gasteiger partial charge on any atom is 0.162 e. The molecule has 4 rings (SSSR count). The summed E-state index contributed by atoms with van der Waals surface area (Å²) in [5, 5.41) is 1.40. The standard InChI is InChI=1S/2C10H6Cl2N2/c2*11-8-6-9(12)14-10(13-8)7-4-2-1-3-5-7/h2*1-6H. The molecule has 140 valence electrons. The van der Waals surface area contributed by atoms with Gasteiger partial charge in [-0.25, -0.2) is 19.9 Å². The van der Waals surface area contributed by atoms with Gasteiger partial charge in [0.25, 0.3) is 0 Å². The van der Waals surface area contributed by atoms with E-state index in [4.69, 9.17) is 46.4 Å². The summed E-state index contributed by atoms with van der Waals surface area (Å²) < 4.78 is 0. The van der Waals surface area contributed by atoms with Gasteiger partial charge in [-0.1, -0.05) is 107 Å². The number of rotatable bonds is 2. The van der Waals surface area contributed by atoms with Gasteiger partial charge in [0.2, 0.25) is 0 Å². The predicted molar refractivity (Wildman–Crippen MR) is 115 cm³/mol. The second kappa shape index (κ2) is 9.80. The van der Waals surface area contributed by atoms with E-state index in [1.165, 1.54) is 12.1 Å². The lowest BCUT2D eigenvalue weighted by molar-refractivity contribution is 1.18. The molecular weight excluding hydrogens is 438 g/mol. The van der Waals surface area contributed by atoms with Gasteiger partial charge in [0, 0.05) is 23.3 Å². The van der Waals surface area contributed by atoms with Crippen molar-refractivity contribution >= 4 is 46.4 Å². The average molecular weight is 450 g/mol. The van der Waals surface area contributed by atoms with Gasteiger partial charge in [-0.15, -0.1) is 0 Å². The Labute approximate surface area is 182 Å². The molecule has 0 aliphatic heterocycles. The van der Waals surface area contributed by atoms with Gasteiger partial charge in [-0.05, 0) is 0 Å². The van der Waals surface area contributed by atoms with E-state index in [-0.39, 0.29) is 0 Å². The molecular formula is C20H12Cl4N4. The summed E-state index contributed by atoms with van der Waals surface area (Å²) in [5.41, 5.74) is 1.80. The lowest BCUT2D eigenvalue weighted by Crippen LogP contribution is -1.89. The van der Waals surface area contributed by atoms with E-state index in [2.05, 4.69) is 19.9 Å². The molecule has 2 heterocycles. The molecule has 0 N–H and O–H groups in total. The minimum Gasteiger partial charge on any atom is -0.216 e. The monoisotopic (exact) mass is 448 g/mol. The van der Waals surface area contributed by atoms with Crippen LogP contribution in [0.2, 0.25) is 20.6 Å². The number of hydrogen-bond donors (Lipinski definition) is 0. The van der Waals surface area contributed by atoms with Crippen molar-refractivity contribution in [2.45, 2.75) is 0 Å². The number of halogens is 4. The van der Waals surface area contributed by atoms with Crippen molar-refractivity contribution in [3.8, 4) is 22.8 Å².